The number of carbonyl (C=O) groups excluding carboxylic acids is 1. The summed E-state index contributed by atoms with van der Waals surface area (Å²) in [6, 6.07) is 8.13. The van der Waals surface area contributed by atoms with Gasteiger partial charge in [0, 0.05) is 55.8 Å². The minimum absolute atomic E-state index is 0. The van der Waals surface area contributed by atoms with Crippen molar-refractivity contribution in [1.29, 1.82) is 0 Å². The molecule has 0 spiro atoms. The Morgan fingerprint density at radius 2 is 1.73 bits per heavy atom. The van der Waals surface area contributed by atoms with Crippen molar-refractivity contribution in [3.8, 4) is 0 Å². The molecule has 0 radical (unpaired) electrons. The van der Waals surface area contributed by atoms with Gasteiger partial charge < -0.3 is 14.4 Å². The highest BCUT2D eigenvalue weighted by Gasteiger charge is 2.33. The van der Waals surface area contributed by atoms with Crippen LogP contribution in [0, 0.1) is 5.92 Å². The van der Waals surface area contributed by atoms with Crippen LogP contribution < -0.4 is 0 Å². The Hall–Kier alpha value is -1.50. The molecule has 0 saturated carbocycles. The zero-order valence-corrected chi connectivity index (χ0v) is 21.6. The van der Waals surface area contributed by atoms with Crippen LogP contribution in [0.4, 0.5) is 0 Å². The number of fused-ring (bicyclic) bond motifs is 1. The van der Waals surface area contributed by atoms with Crippen LogP contribution in [0.2, 0.25) is 5.02 Å². The van der Waals surface area contributed by atoms with Gasteiger partial charge in [0.15, 0.2) is 0 Å². The van der Waals surface area contributed by atoms with E-state index in [2.05, 4.69) is 28.0 Å². The molecule has 2 heterocycles. The van der Waals surface area contributed by atoms with E-state index in [9.17, 15) is 4.79 Å². The fraction of sp³-hybridized carbons (Fsp3) is 0.480. The van der Waals surface area contributed by atoms with E-state index in [1.807, 2.05) is 38.1 Å². The number of halogens is 3. The predicted molar refractivity (Wildman–Crippen MR) is 137 cm³/mol. The third-order valence-electron chi connectivity index (χ3n) is 6.46. The van der Waals surface area contributed by atoms with Gasteiger partial charge in [0.25, 0.3) is 0 Å². The molecule has 1 aromatic rings. The number of benzene rings is 1. The Labute approximate surface area is 214 Å². The highest BCUT2D eigenvalue weighted by molar-refractivity contribution is 6.30. The van der Waals surface area contributed by atoms with E-state index in [0.717, 1.165) is 67.6 Å². The summed E-state index contributed by atoms with van der Waals surface area (Å²) >= 11 is 5.97. The summed E-state index contributed by atoms with van der Waals surface area (Å²) in [7, 11) is 0. The molecule has 0 bridgehead atoms. The van der Waals surface area contributed by atoms with Gasteiger partial charge in [-0.3, -0.25) is 4.90 Å². The number of ether oxygens (including phenoxy) is 2. The van der Waals surface area contributed by atoms with E-state index >= 15 is 0 Å². The van der Waals surface area contributed by atoms with Crippen LogP contribution in [-0.2, 0) is 20.8 Å². The van der Waals surface area contributed by atoms with Gasteiger partial charge in [-0.15, -0.1) is 24.8 Å². The van der Waals surface area contributed by atoms with Gasteiger partial charge in [0.1, 0.15) is 11.9 Å². The van der Waals surface area contributed by atoms with Gasteiger partial charge in [0.2, 0.25) is 0 Å². The molecule has 33 heavy (non-hydrogen) atoms. The molecule has 5 nitrogen and oxygen atoms in total. The average Bonchev–Trinajstić information content (AvgIpc) is 2.78. The smallest absolute Gasteiger partial charge is 0.334 e. The van der Waals surface area contributed by atoms with Crippen LogP contribution in [-0.4, -0.2) is 61.2 Å². The minimum Gasteiger partial charge on any atom is -0.494 e. The fourth-order valence-electron chi connectivity index (χ4n) is 4.34. The first-order chi connectivity index (χ1) is 15.0. The number of nitrogens with zero attached hydrogens (tertiary/aromatic N) is 2. The van der Waals surface area contributed by atoms with E-state index in [1.54, 1.807) is 0 Å². The molecule has 1 aliphatic carbocycles. The lowest BCUT2D eigenvalue weighted by molar-refractivity contribution is -0.145. The summed E-state index contributed by atoms with van der Waals surface area (Å²) in [4.78, 5) is 16.9. The van der Waals surface area contributed by atoms with Crippen LogP contribution in [0.15, 0.2) is 59.4 Å². The van der Waals surface area contributed by atoms with Crippen molar-refractivity contribution in [2.24, 2.45) is 5.92 Å². The number of allylic oxidation sites excluding steroid dienone is 1. The Morgan fingerprint density at radius 1 is 1.06 bits per heavy atom. The molecular weight excluding hydrogens is 483 g/mol. The quantitative estimate of drug-likeness (QED) is 0.376. The van der Waals surface area contributed by atoms with Gasteiger partial charge in [-0.05, 0) is 50.1 Å². The molecular formula is C25H33Cl3N2O3. The van der Waals surface area contributed by atoms with E-state index in [0.29, 0.717) is 6.61 Å². The SMILES string of the molecule is CC1=C(C)C2C=CC(OCCCN3CCN(Cc4ccc(Cl)cc4)CC3)=CC2OC1=O.Cl.Cl. The van der Waals surface area contributed by atoms with Crippen LogP contribution in [0.5, 0.6) is 0 Å². The summed E-state index contributed by atoms with van der Waals surface area (Å²) in [5.41, 5.74) is 3.12. The Morgan fingerprint density at radius 3 is 2.42 bits per heavy atom. The lowest BCUT2D eigenvalue weighted by atomic mass is 9.85. The summed E-state index contributed by atoms with van der Waals surface area (Å²) in [6.45, 7) is 10.9. The molecule has 1 saturated heterocycles. The number of carbonyl (C=O) groups is 1. The maximum atomic E-state index is 12.0. The summed E-state index contributed by atoms with van der Waals surface area (Å²) in [5.74, 6) is 0.711. The normalized spacial score (nSPS) is 23.1. The standard InChI is InChI=1S/C25H31ClN2O3.2ClH/c1-18-19(2)25(29)31-24-16-22(8-9-23(18)24)30-15-3-10-27-11-13-28(14-12-27)17-20-4-6-21(26)7-5-20;;/h4-9,16,23-24H,3,10-15,17H2,1-2H3;2*1H. The third-order valence-corrected chi connectivity index (χ3v) is 6.71. The molecule has 2 aliphatic heterocycles. The number of esters is 1. The van der Waals surface area contributed by atoms with Crippen molar-refractivity contribution < 1.29 is 14.3 Å². The molecule has 182 valence electrons. The molecule has 8 heteroatoms. The maximum Gasteiger partial charge on any atom is 0.334 e. The second-order valence-electron chi connectivity index (χ2n) is 8.58. The van der Waals surface area contributed by atoms with E-state index in [1.165, 1.54) is 5.56 Å². The number of rotatable bonds is 7. The molecule has 0 amide bonds. The predicted octanol–water partition coefficient (Wildman–Crippen LogP) is 5.04. The molecule has 1 fully saturated rings. The molecule has 2 atom stereocenters. The number of hydrogen-bond donors (Lipinski definition) is 0. The highest BCUT2D eigenvalue weighted by Crippen LogP contribution is 2.33. The van der Waals surface area contributed by atoms with Crippen molar-refractivity contribution in [3.05, 3.63) is 70.0 Å². The molecule has 0 N–H and O–H groups in total. The second kappa shape index (κ2) is 12.8. The molecule has 3 aliphatic rings. The summed E-state index contributed by atoms with van der Waals surface area (Å²) in [6.07, 6.45) is 6.77. The lowest BCUT2D eigenvalue weighted by Crippen LogP contribution is -2.46. The van der Waals surface area contributed by atoms with Crippen LogP contribution in [0.3, 0.4) is 0 Å². The van der Waals surface area contributed by atoms with Crippen molar-refractivity contribution >= 4 is 42.4 Å². The van der Waals surface area contributed by atoms with Gasteiger partial charge in [-0.1, -0.05) is 35.4 Å². The van der Waals surface area contributed by atoms with Gasteiger partial charge in [-0.25, -0.2) is 4.79 Å². The van der Waals surface area contributed by atoms with Crippen LogP contribution >= 0.6 is 36.4 Å². The monoisotopic (exact) mass is 514 g/mol. The first-order valence-electron chi connectivity index (χ1n) is 11.1. The Balaban J connectivity index is 0.00000193. The molecule has 1 aromatic carbocycles. The van der Waals surface area contributed by atoms with E-state index in [4.69, 9.17) is 21.1 Å². The Bertz CT molecular complexity index is 891. The van der Waals surface area contributed by atoms with Crippen molar-refractivity contribution in [3.63, 3.8) is 0 Å². The van der Waals surface area contributed by atoms with Crippen molar-refractivity contribution in [2.45, 2.75) is 32.9 Å². The molecule has 4 rings (SSSR count). The Kier molecular flexibility index (Phi) is 10.8. The fourth-order valence-corrected chi connectivity index (χ4v) is 4.47. The zero-order valence-electron chi connectivity index (χ0n) is 19.2. The zero-order chi connectivity index (χ0) is 21.8. The largest absolute Gasteiger partial charge is 0.494 e. The minimum atomic E-state index is -0.245. The van der Waals surface area contributed by atoms with Crippen LogP contribution in [0.1, 0.15) is 25.8 Å². The van der Waals surface area contributed by atoms with Gasteiger partial charge in [0.05, 0.1) is 6.61 Å². The first kappa shape index (κ1) is 27.7. The second-order valence-corrected chi connectivity index (χ2v) is 9.01. The van der Waals surface area contributed by atoms with Gasteiger partial charge in [-0.2, -0.15) is 0 Å². The molecule has 2 unspecified atom stereocenters. The van der Waals surface area contributed by atoms with E-state index < -0.39 is 0 Å². The number of piperazine rings is 1. The third kappa shape index (κ3) is 7.24. The summed E-state index contributed by atoms with van der Waals surface area (Å²) in [5, 5.41) is 0.789. The van der Waals surface area contributed by atoms with Gasteiger partial charge >= 0.3 is 5.97 Å². The van der Waals surface area contributed by atoms with Crippen LogP contribution in [0.25, 0.3) is 0 Å². The topological polar surface area (TPSA) is 42.0 Å². The first-order valence-corrected chi connectivity index (χ1v) is 11.5. The lowest BCUT2D eigenvalue weighted by Gasteiger charge is -2.34. The maximum absolute atomic E-state index is 12.0. The average molecular weight is 516 g/mol. The summed E-state index contributed by atoms with van der Waals surface area (Å²) < 4.78 is 11.5. The number of hydrogen-bond acceptors (Lipinski definition) is 5. The van der Waals surface area contributed by atoms with E-state index in [-0.39, 0.29) is 42.8 Å². The molecule has 0 aromatic heterocycles. The highest BCUT2D eigenvalue weighted by atomic mass is 35.5. The van der Waals surface area contributed by atoms with Crippen molar-refractivity contribution in [1.82, 2.24) is 9.80 Å². The van der Waals surface area contributed by atoms with Crippen molar-refractivity contribution in [2.75, 3.05) is 39.3 Å².